The van der Waals surface area contributed by atoms with Gasteiger partial charge in [-0.1, -0.05) is 127 Å². The van der Waals surface area contributed by atoms with E-state index >= 15 is 0 Å². The van der Waals surface area contributed by atoms with Crippen molar-refractivity contribution in [2.24, 2.45) is 0 Å². The first-order chi connectivity index (χ1) is 13.6. The number of hydrogen-bond donors (Lipinski definition) is 0. The molecule has 0 nitrogen and oxygen atoms in total. The van der Waals surface area contributed by atoms with Gasteiger partial charge in [-0.25, -0.2) is 0 Å². The maximum absolute atomic E-state index is 2.55. The summed E-state index contributed by atoms with van der Waals surface area (Å²) in [5.41, 5.74) is 1.54. The quantitative estimate of drug-likeness (QED) is 0.151. The molecule has 0 aliphatic heterocycles. The van der Waals surface area contributed by atoms with E-state index in [1.165, 1.54) is 121 Å². The van der Waals surface area contributed by atoms with Gasteiger partial charge in [0.25, 0.3) is 0 Å². The summed E-state index contributed by atoms with van der Waals surface area (Å²) >= 11 is 0. The fraction of sp³-hybridized carbons (Fsp3) is 0.778. The normalized spacial score (nSPS) is 11.4. The zero-order valence-electron chi connectivity index (χ0n) is 19.9. The third-order valence-corrected chi connectivity index (χ3v) is 8.82. The Morgan fingerprint density at radius 1 is 0.552 bits per heavy atom. The molecule has 0 unspecified atom stereocenters. The van der Waals surface area contributed by atoms with Crippen LogP contribution in [-0.2, 0) is 6.16 Å². The Morgan fingerprint density at radius 3 is 1.34 bits per heavy atom. The Balaban J connectivity index is 0.00000784. The lowest BCUT2D eigenvalue weighted by Crippen LogP contribution is -3.00. The van der Waals surface area contributed by atoms with Gasteiger partial charge < -0.3 is 17.0 Å². The van der Waals surface area contributed by atoms with E-state index in [1.807, 2.05) is 0 Å². The van der Waals surface area contributed by atoms with Gasteiger partial charge in [0.1, 0.15) is 0 Å². The van der Waals surface area contributed by atoms with Crippen LogP contribution in [0.4, 0.5) is 0 Å². The van der Waals surface area contributed by atoms with Crippen LogP contribution >= 0.6 is 7.26 Å². The van der Waals surface area contributed by atoms with Crippen LogP contribution in [0.2, 0.25) is 0 Å². The summed E-state index contributed by atoms with van der Waals surface area (Å²) in [4.78, 5) is 0. The molecule has 0 amide bonds. The van der Waals surface area contributed by atoms with Gasteiger partial charge in [-0.05, 0) is 18.4 Å². The molecule has 1 aromatic rings. The SMILES string of the molecule is CCCCCCCCCCCCCCCCCC[P+](C)(C)Cc1ccccc1.[Br-]. The van der Waals surface area contributed by atoms with Gasteiger partial charge in [0.15, 0.2) is 0 Å². The van der Waals surface area contributed by atoms with Gasteiger partial charge in [0, 0.05) is 20.6 Å². The van der Waals surface area contributed by atoms with Crippen LogP contribution < -0.4 is 17.0 Å². The highest BCUT2D eigenvalue weighted by atomic mass is 79.9. The molecular formula is C27H50BrP. The van der Waals surface area contributed by atoms with Crippen molar-refractivity contribution in [1.29, 1.82) is 0 Å². The fourth-order valence-electron chi connectivity index (χ4n) is 4.24. The molecule has 29 heavy (non-hydrogen) atoms. The molecule has 0 aliphatic rings. The first-order valence-corrected chi connectivity index (χ1v) is 15.6. The fourth-order valence-corrected chi connectivity index (χ4v) is 6.68. The summed E-state index contributed by atoms with van der Waals surface area (Å²) in [6.07, 6.45) is 26.2. The topological polar surface area (TPSA) is 0 Å². The largest absolute Gasteiger partial charge is 1.00 e. The first-order valence-electron chi connectivity index (χ1n) is 12.5. The van der Waals surface area contributed by atoms with E-state index in [1.54, 1.807) is 0 Å². The molecule has 170 valence electrons. The Kier molecular flexibility index (Phi) is 20.1. The summed E-state index contributed by atoms with van der Waals surface area (Å²) in [7, 11) is -0.753. The molecule has 0 radical (unpaired) electrons. The van der Waals surface area contributed by atoms with Crippen molar-refractivity contribution in [1.82, 2.24) is 0 Å². The second-order valence-electron chi connectivity index (χ2n) is 9.61. The average Bonchev–Trinajstić information content (AvgIpc) is 2.68. The van der Waals surface area contributed by atoms with E-state index in [2.05, 4.69) is 50.6 Å². The Bertz CT molecular complexity index is 443. The van der Waals surface area contributed by atoms with E-state index in [4.69, 9.17) is 0 Å². The lowest BCUT2D eigenvalue weighted by molar-refractivity contribution is -0.00000634. The number of unbranched alkanes of at least 4 members (excludes halogenated alkanes) is 15. The van der Waals surface area contributed by atoms with Crippen LogP contribution in [0, 0.1) is 0 Å². The minimum absolute atomic E-state index is 0. The lowest BCUT2D eigenvalue weighted by atomic mass is 10.0. The summed E-state index contributed by atoms with van der Waals surface area (Å²) < 4.78 is 0. The molecule has 0 saturated heterocycles. The Hall–Kier alpha value is 0.130. The van der Waals surface area contributed by atoms with Gasteiger partial charge in [0.05, 0.1) is 12.3 Å². The van der Waals surface area contributed by atoms with Gasteiger partial charge in [-0.3, -0.25) is 0 Å². The Labute approximate surface area is 195 Å². The van der Waals surface area contributed by atoms with Crippen LogP contribution in [0.15, 0.2) is 30.3 Å². The van der Waals surface area contributed by atoms with Gasteiger partial charge in [-0.2, -0.15) is 0 Å². The average molecular weight is 486 g/mol. The maximum Gasteiger partial charge on any atom is 0.0837 e. The molecule has 0 aromatic heterocycles. The predicted octanol–water partition coefficient (Wildman–Crippen LogP) is 6.73. The van der Waals surface area contributed by atoms with Crippen molar-refractivity contribution in [3.8, 4) is 0 Å². The molecule has 0 heterocycles. The van der Waals surface area contributed by atoms with Gasteiger partial charge in [-0.15, -0.1) is 0 Å². The van der Waals surface area contributed by atoms with E-state index in [0.29, 0.717) is 0 Å². The van der Waals surface area contributed by atoms with Crippen molar-refractivity contribution >= 4 is 7.26 Å². The van der Waals surface area contributed by atoms with Crippen molar-refractivity contribution in [2.75, 3.05) is 19.5 Å². The standard InChI is InChI=1S/C27H50P.BrH/c1-4-5-6-7-8-9-10-11-12-13-14-15-16-17-18-22-25-28(2,3)26-27-23-20-19-21-24-27;/h19-21,23-24H,4-18,22,25-26H2,1-3H3;1H/q+1;/p-1. The van der Waals surface area contributed by atoms with Crippen LogP contribution in [0.1, 0.15) is 115 Å². The second kappa shape index (κ2) is 20.1. The van der Waals surface area contributed by atoms with Crippen LogP contribution in [0.3, 0.4) is 0 Å². The molecule has 2 heteroatoms. The molecule has 0 saturated carbocycles. The van der Waals surface area contributed by atoms with Crippen molar-refractivity contribution in [3.63, 3.8) is 0 Å². The highest BCUT2D eigenvalue weighted by molar-refractivity contribution is 7.73. The molecule has 0 spiro atoms. The van der Waals surface area contributed by atoms with E-state index < -0.39 is 7.26 Å². The summed E-state index contributed by atoms with van der Waals surface area (Å²) in [5.74, 6) is 0. The van der Waals surface area contributed by atoms with E-state index in [9.17, 15) is 0 Å². The smallest absolute Gasteiger partial charge is 0.0837 e. The number of rotatable bonds is 19. The lowest BCUT2D eigenvalue weighted by Gasteiger charge is -2.18. The molecule has 0 fully saturated rings. The van der Waals surface area contributed by atoms with Gasteiger partial charge >= 0.3 is 0 Å². The summed E-state index contributed by atoms with van der Waals surface area (Å²) in [5, 5.41) is 0. The number of benzene rings is 1. The van der Waals surface area contributed by atoms with Crippen LogP contribution in [-0.4, -0.2) is 19.5 Å². The van der Waals surface area contributed by atoms with Crippen molar-refractivity contribution in [2.45, 2.75) is 116 Å². The molecule has 0 bridgehead atoms. The monoisotopic (exact) mass is 484 g/mol. The van der Waals surface area contributed by atoms with Gasteiger partial charge in [0.2, 0.25) is 0 Å². The summed E-state index contributed by atoms with van der Waals surface area (Å²) in [6, 6.07) is 11.1. The third-order valence-electron chi connectivity index (χ3n) is 6.07. The summed E-state index contributed by atoms with van der Waals surface area (Å²) in [6.45, 7) is 7.39. The molecule has 0 atom stereocenters. The number of halogens is 1. The molecule has 1 rings (SSSR count). The highest BCUT2D eigenvalue weighted by Crippen LogP contribution is 2.54. The zero-order valence-corrected chi connectivity index (χ0v) is 22.4. The molecule has 1 aromatic carbocycles. The first kappa shape index (κ1) is 29.1. The molecule has 0 N–H and O–H groups in total. The highest BCUT2D eigenvalue weighted by Gasteiger charge is 2.24. The maximum atomic E-state index is 2.55. The number of hydrogen-bond acceptors (Lipinski definition) is 0. The van der Waals surface area contributed by atoms with E-state index in [-0.39, 0.29) is 17.0 Å². The molecular weight excluding hydrogens is 435 g/mol. The van der Waals surface area contributed by atoms with Crippen molar-refractivity contribution < 1.29 is 17.0 Å². The molecule has 0 aliphatic carbocycles. The van der Waals surface area contributed by atoms with Crippen molar-refractivity contribution in [3.05, 3.63) is 35.9 Å². The van der Waals surface area contributed by atoms with E-state index in [0.717, 1.165) is 0 Å². The zero-order chi connectivity index (χ0) is 20.3. The second-order valence-corrected chi connectivity index (χ2v) is 14.2. The van der Waals surface area contributed by atoms with Crippen LogP contribution in [0.5, 0.6) is 0 Å². The van der Waals surface area contributed by atoms with Crippen LogP contribution in [0.25, 0.3) is 0 Å². The Morgan fingerprint density at radius 2 is 0.931 bits per heavy atom. The predicted molar refractivity (Wildman–Crippen MR) is 133 cm³/mol. The third kappa shape index (κ3) is 18.6. The minimum atomic E-state index is -0.753. The minimum Gasteiger partial charge on any atom is -1.00 e.